The van der Waals surface area contributed by atoms with E-state index in [0.29, 0.717) is 17.3 Å². The van der Waals surface area contributed by atoms with E-state index in [1.165, 1.54) is 28.6 Å². The smallest absolute Gasteiger partial charge is 0.303 e. The zero-order valence-electron chi connectivity index (χ0n) is 11.5. The van der Waals surface area contributed by atoms with Gasteiger partial charge in [0.05, 0.1) is 5.39 Å². The Balaban J connectivity index is 1.82. The van der Waals surface area contributed by atoms with Crippen molar-refractivity contribution in [1.82, 2.24) is 9.97 Å². The maximum absolute atomic E-state index is 12.3. The molecule has 2 N–H and O–H groups in total. The number of carboxylic acids is 1. The first-order valence-electron chi connectivity index (χ1n) is 7.04. The van der Waals surface area contributed by atoms with Crippen LogP contribution in [0.15, 0.2) is 9.95 Å². The van der Waals surface area contributed by atoms with Crippen molar-refractivity contribution in [2.24, 2.45) is 0 Å². The van der Waals surface area contributed by atoms with Crippen LogP contribution in [0.2, 0.25) is 0 Å². The van der Waals surface area contributed by atoms with Crippen molar-refractivity contribution in [2.45, 2.75) is 43.7 Å². The molecule has 0 saturated carbocycles. The van der Waals surface area contributed by atoms with Gasteiger partial charge in [0.1, 0.15) is 4.83 Å². The fourth-order valence-electron chi connectivity index (χ4n) is 2.60. The van der Waals surface area contributed by atoms with Gasteiger partial charge in [0, 0.05) is 17.1 Å². The number of aryl methyl sites for hydroxylation is 2. The number of carbonyl (C=O) groups is 1. The predicted octanol–water partition coefficient (Wildman–Crippen LogP) is 2.82. The molecule has 0 atom stereocenters. The number of aliphatic carboxylic acids is 1. The van der Waals surface area contributed by atoms with Gasteiger partial charge in [-0.3, -0.25) is 9.59 Å². The molecule has 112 valence electrons. The lowest BCUT2D eigenvalue weighted by Gasteiger charge is -2.09. The summed E-state index contributed by atoms with van der Waals surface area (Å²) in [6.07, 6.45) is 5.08. The highest BCUT2D eigenvalue weighted by atomic mass is 32.2. The molecule has 2 aromatic heterocycles. The molecule has 0 amide bonds. The SMILES string of the molecule is O=C(O)CCCSc1nc2sc3c(c2c(=O)[nH]1)CCCC3. The van der Waals surface area contributed by atoms with E-state index >= 15 is 0 Å². The number of nitrogens with one attached hydrogen (secondary N) is 1. The normalized spacial score (nSPS) is 14.3. The van der Waals surface area contributed by atoms with Gasteiger partial charge < -0.3 is 10.1 Å². The maximum Gasteiger partial charge on any atom is 0.303 e. The lowest BCUT2D eigenvalue weighted by molar-refractivity contribution is -0.137. The van der Waals surface area contributed by atoms with Crippen molar-refractivity contribution in [3.05, 3.63) is 20.8 Å². The van der Waals surface area contributed by atoms with E-state index in [-0.39, 0.29) is 12.0 Å². The fourth-order valence-corrected chi connectivity index (χ4v) is 4.73. The zero-order chi connectivity index (χ0) is 14.8. The quantitative estimate of drug-likeness (QED) is 0.502. The lowest BCUT2D eigenvalue weighted by Crippen LogP contribution is -2.11. The van der Waals surface area contributed by atoms with Gasteiger partial charge in [0.2, 0.25) is 0 Å². The van der Waals surface area contributed by atoms with Crippen molar-refractivity contribution < 1.29 is 9.90 Å². The van der Waals surface area contributed by atoms with Gasteiger partial charge in [0.25, 0.3) is 5.56 Å². The van der Waals surface area contributed by atoms with Crippen molar-refractivity contribution >= 4 is 39.3 Å². The number of thiophene rings is 1. The highest BCUT2D eigenvalue weighted by Gasteiger charge is 2.19. The summed E-state index contributed by atoms with van der Waals surface area (Å²) in [5.74, 6) is -0.148. The van der Waals surface area contributed by atoms with Crippen LogP contribution in [-0.4, -0.2) is 26.8 Å². The first-order chi connectivity index (χ1) is 10.1. The van der Waals surface area contributed by atoms with Gasteiger partial charge in [-0.05, 0) is 37.7 Å². The number of carboxylic acid groups (broad SMARTS) is 1. The molecule has 0 radical (unpaired) electrons. The second kappa shape index (κ2) is 6.19. The minimum atomic E-state index is -0.793. The van der Waals surface area contributed by atoms with Gasteiger partial charge in [-0.15, -0.1) is 11.3 Å². The third kappa shape index (κ3) is 3.13. The number of thioether (sulfide) groups is 1. The molecule has 0 aliphatic heterocycles. The minimum Gasteiger partial charge on any atom is -0.481 e. The number of aromatic amines is 1. The summed E-state index contributed by atoms with van der Waals surface area (Å²) in [6, 6.07) is 0. The fraction of sp³-hybridized carbons (Fsp3) is 0.500. The Morgan fingerprint density at radius 3 is 3.00 bits per heavy atom. The number of hydrogen-bond acceptors (Lipinski definition) is 5. The van der Waals surface area contributed by atoms with E-state index in [0.717, 1.165) is 29.5 Å². The lowest BCUT2D eigenvalue weighted by atomic mass is 9.97. The summed E-state index contributed by atoms with van der Waals surface area (Å²) in [7, 11) is 0. The van der Waals surface area contributed by atoms with Crippen LogP contribution >= 0.6 is 23.1 Å². The summed E-state index contributed by atoms with van der Waals surface area (Å²) in [5, 5.41) is 9.97. The van der Waals surface area contributed by atoms with Crippen molar-refractivity contribution in [2.75, 3.05) is 5.75 Å². The van der Waals surface area contributed by atoms with E-state index in [1.54, 1.807) is 11.3 Å². The van der Waals surface area contributed by atoms with E-state index in [9.17, 15) is 9.59 Å². The molecule has 0 fully saturated rings. The van der Waals surface area contributed by atoms with E-state index in [2.05, 4.69) is 9.97 Å². The average Bonchev–Trinajstić information content (AvgIpc) is 2.82. The van der Waals surface area contributed by atoms with Crippen molar-refractivity contribution in [3.63, 3.8) is 0 Å². The molecule has 1 aliphatic rings. The largest absolute Gasteiger partial charge is 0.481 e. The summed E-state index contributed by atoms with van der Waals surface area (Å²) in [4.78, 5) is 32.2. The number of aromatic nitrogens is 2. The van der Waals surface area contributed by atoms with Crippen LogP contribution in [-0.2, 0) is 17.6 Å². The molecule has 21 heavy (non-hydrogen) atoms. The molecule has 2 aromatic rings. The van der Waals surface area contributed by atoms with E-state index in [1.807, 2.05) is 0 Å². The van der Waals surface area contributed by atoms with Crippen molar-refractivity contribution in [1.29, 1.82) is 0 Å². The summed E-state index contributed by atoms with van der Waals surface area (Å²) in [6.45, 7) is 0. The Kier molecular flexibility index (Phi) is 4.30. The third-order valence-corrected chi connectivity index (χ3v) is 5.72. The van der Waals surface area contributed by atoms with Gasteiger partial charge in [-0.25, -0.2) is 4.98 Å². The average molecular weight is 324 g/mol. The number of nitrogens with zero attached hydrogens (tertiary/aromatic N) is 1. The van der Waals surface area contributed by atoms with Crippen LogP contribution < -0.4 is 5.56 Å². The van der Waals surface area contributed by atoms with Crippen LogP contribution in [0, 0.1) is 0 Å². The number of hydrogen-bond donors (Lipinski definition) is 2. The highest BCUT2D eigenvalue weighted by Crippen LogP contribution is 2.34. The molecule has 3 rings (SSSR count). The first-order valence-corrected chi connectivity index (χ1v) is 8.84. The topological polar surface area (TPSA) is 83.0 Å². The van der Waals surface area contributed by atoms with Crippen LogP contribution in [0.1, 0.15) is 36.1 Å². The summed E-state index contributed by atoms with van der Waals surface area (Å²) >= 11 is 3.05. The maximum atomic E-state index is 12.3. The molecule has 0 bridgehead atoms. The zero-order valence-corrected chi connectivity index (χ0v) is 13.1. The number of rotatable bonds is 5. The molecule has 1 aliphatic carbocycles. The first kappa shape index (κ1) is 14.6. The second-order valence-electron chi connectivity index (χ2n) is 5.11. The molecule has 0 spiro atoms. The molecule has 7 heteroatoms. The number of H-pyrrole nitrogens is 1. The Bertz CT molecular complexity index is 736. The Morgan fingerprint density at radius 2 is 2.19 bits per heavy atom. The second-order valence-corrected chi connectivity index (χ2v) is 7.28. The highest BCUT2D eigenvalue weighted by molar-refractivity contribution is 7.99. The Hall–Kier alpha value is -1.34. The Morgan fingerprint density at radius 1 is 1.38 bits per heavy atom. The monoisotopic (exact) mass is 324 g/mol. The molecule has 5 nitrogen and oxygen atoms in total. The summed E-state index contributed by atoms with van der Waals surface area (Å²) in [5.41, 5.74) is 1.14. The van der Waals surface area contributed by atoms with Crippen LogP contribution in [0.5, 0.6) is 0 Å². The molecule has 0 aromatic carbocycles. The van der Waals surface area contributed by atoms with E-state index in [4.69, 9.17) is 5.11 Å². The third-order valence-electron chi connectivity index (χ3n) is 3.58. The van der Waals surface area contributed by atoms with Gasteiger partial charge >= 0.3 is 5.97 Å². The molecular weight excluding hydrogens is 308 g/mol. The number of fused-ring (bicyclic) bond motifs is 3. The summed E-state index contributed by atoms with van der Waals surface area (Å²) < 4.78 is 0. The Labute approximate surface area is 129 Å². The van der Waals surface area contributed by atoms with Crippen LogP contribution in [0.3, 0.4) is 0 Å². The predicted molar refractivity (Wildman–Crippen MR) is 84.5 cm³/mol. The van der Waals surface area contributed by atoms with Gasteiger partial charge in [0.15, 0.2) is 5.16 Å². The standard InChI is InChI=1S/C14H16N2O3S2/c17-10(18)6-3-7-20-14-15-12(19)11-8-4-1-2-5-9(8)21-13(11)16-14/h1-7H2,(H,17,18)(H,15,16,19). The van der Waals surface area contributed by atoms with Crippen molar-refractivity contribution in [3.8, 4) is 0 Å². The minimum absolute atomic E-state index is 0.0554. The van der Waals surface area contributed by atoms with Gasteiger partial charge in [-0.2, -0.15) is 0 Å². The van der Waals surface area contributed by atoms with Crippen LogP contribution in [0.4, 0.5) is 0 Å². The van der Waals surface area contributed by atoms with E-state index < -0.39 is 5.97 Å². The van der Waals surface area contributed by atoms with Gasteiger partial charge in [-0.1, -0.05) is 11.8 Å². The molecule has 0 saturated heterocycles. The van der Waals surface area contributed by atoms with Crippen LogP contribution in [0.25, 0.3) is 10.2 Å². The molecule has 0 unspecified atom stereocenters. The molecular formula is C14H16N2O3S2. The molecule has 2 heterocycles.